The molecule has 0 saturated heterocycles. The fourth-order valence-electron chi connectivity index (χ4n) is 1.91. The lowest BCUT2D eigenvalue weighted by Gasteiger charge is -2.28. The molecule has 1 aliphatic carbocycles. The van der Waals surface area contributed by atoms with Gasteiger partial charge in [-0.05, 0) is 26.7 Å². The highest BCUT2D eigenvalue weighted by atomic mass is 16.3. The topological polar surface area (TPSA) is 75.3 Å². The molecular formula is C10H20N2O2. The van der Waals surface area contributed by atoms with Crippen molar-refractivity contribution in [3.05, 3.63) is 0 Å². The molecule has 0 radical (unpaired) electrons. The Kier molecular flexibility index (Phi) is 3.50. The molecular weight excluding hydrogens is 180 g/mol. The summed E-state index contributed by atoms with van der Waals surface area (Å²) < 4.78 is 0. The minimum atomic E-state index is -0.441. The number of aliphatic hydroxyl groups is 1. The van der Waals surface area contributed by atoms with Crippen LogP contribution in [0, 0.1) is 5.41 Å². The van der Waals surface area contributed by atoms with Crippen LogP contribution in [-0.2, 0) is 4.79 Å². The number of rotatable bonds is 3. The first-order chi connectivity index (χ1) is 6.50. The first-order valence-corrected chi connectivity index (χ1v) is 5.18. The Morgan fingerprint density at radius 1 is 1.79 bits per heavy atom. The summed E-state index contributed by atoms with van der Waals surface area (Å²) in [5, 5.41) is 11.6. The van der Waals surface area contributed by atoms with E-state index >= 15 is 0 Å². The molecule has 3 atom stereocenters. The van der Waals surface area contributed by atoms with Crippen LogP contribution in [0.5, 0.6) is 0 Å². The standard InChI is InChI=1S/C10H20N2O2/c1-7(6-13)12-9(14)10(2)5-3-4-8(10)11/h7-8,13H,3-6,11H2,1-2H3,(H,12,14)/t7-,8?,10?/m1/s1. The van der Waals surface area contributed by atoms with Crippen molar-refractivity contribution in [1.82, 2.24) is 5.32 Å². The minimum Gasteiger partial charge on any atom is -0.394 e. The molecule has 0 heterocycles. The van der Waals surface area contributed by atoms with Crippen LogP contribution in [0.15, 0.2) is 0 Å². The van der Waals surface area contributed by atoms with Crippen LogP contribution in [0.4, 0.5) is 0 Å². The monoisotopic (exact) mass is 200 g/mol. The quantitative estimate of drug-likeness (QED) is 0.600. The molecule has 1 aliphatic rings. The van der Waals surface area contributed by atoms with Crippen molar-refractivity contribution in [2.45, 2.75) is 45.2 Å². The minimum absolute atomic E-state index is 0.0240. The molecule has 14 heavy (non-hydrogen) atoms. The highest BCUT2D eigenvalue weighted by Crippen LogP contribution is 2.36. The van der Waals surface area contributed by atoms with Crippen molar-refractivity contribution >= 4 is 5.91 Å². The Morgan fingerprint density at radius 2 is 2.43 bits per heavy atom. The van der Waals surface area contributed by atoms with Gasteiger partial charge in [-0.1, -0.05) is 6.42 Å². The Labute approximate surface area is 84.9 Å². The molecule has 0 bridgehead atoms. The normalized spacial score (nSPS) is 34.1. The van der Waals surface area contributed by atoms with Crippen molar-refractivity contribution in [3.63, 3.8) is 0 Å². The first kappa shape index (κ1) is 11.5. The lowest BCUT2D eigenvalue weighted by Crippen LogP contribution is -2.50. The van der Waals surface area contributed by atoms with E-state index in [1.807, 2.05) is 6.92 Å². The Hall–Kier alpha value is -0.610. The highest BCUT2D eigenvalue weighted by molar-refractivity contribution is 5.83. The molecule has 4 N–H and O–H groups in total. The Bertz CT molecular complexity index is 220. The van der Waals surface area contributed by atoms with Gasteiger partial charge in [-0.2, -0.15) is 0 Å². The van der Waals surface area contributed by atoms with Crippen molar-refractivity contribution in [3.8, 4) is 0 Å². The van der Waals surface area contributed by atoms with Gasteiger partial charge in [0.25, 0.3) is 0 Å². The van der Waals surface area contributed by atoms with Crippen molar-refractivity contribution in [2.75, 3.05) is 6.61 Å². The number of carbonyl (C=O) groups excluding carboxylic acids is 1. The number of carbonyl (C=O) groups is 1. The zero-order valence-electron chi connectivity index (χ0n) is 8.92. The second-order valence-electron chi connectivity index (χ2n) is 4.47. The third-order valence-corrected chi connectivity index (χ3v) is 3.20. The molecule has 0 spiro atoms. The third-order valence-electron chi connectivity index (χ3n) is 3.20. The predicted octanol–water partition coefficient (Wildman–Crippen LogP) is 0.000900. The molecule has 2 unspecified atom stereocenters. The summed E-state index contributed by atoms with van der Waals surface area (Å²) >= 11 is 0. The van der Waals surface area contributed by atoms with E-state index in [1.54, 1.807) is 6.92 Å². The highest BCUT2D eigenvalue weighted by Gasteiger charge is 2.43. The molecule has 1 amide bonds. The average Bonchev–Trinajstić information content (AvgIpc) is 2.48. The van der Waals surface area contributed by atoms with E-state index < -0.39 is 5.41 Å². The maximum atomic E-state index is 11.8. The molecule has 4 nitrogen and oxygen atoms in total. The molecule has 1 saturated carbocycles. The number of aliphatic hydroxyl groups excluding tert-OH is 1. The van der Waals surface area contributed by atoms with Crippen LogP contribution in [0.1, 0.15) is 33.1 Å². The van der Waals surface area contributed by atoms with Crippen molar-refractivity contribution in [1.29, 1.82) is 0 Å². The van der Waals surface area contributed by atoms with Gasteiger partial charge in [0.1, 0.15) is 0 Å². The van der Waals surface area contributed by atoms with E-state index in [9.17, 15) is 4.79 Å². The fourth-order valence-corrected chi connectivity index (χ4v) is 1.91. The van der Waals surface area contributed by atoms with Gasteiger partial charge in [-0.15, -0.1) is 0 Å². The molecule has 0 aromatic carbocycles. The SMILES string of the molecule is C[C@H](CO)NC(=O)C1(C)CCCC1N. The van der Waals surface area contributed by atoms with Gasteiger partial charge in [-0.25, -0.2) is 0 Å². The van der Waals surface area contributed by atoms with Crippen LogP contribution < -0.4 is 11.1 Å². The summed E-state index contributed by atoms with van der Waals surface area (Å²) in [6.07, 6.45) is 2.77. The largest absolute Gasteiger partial charge is 0.394 e. The summed E-state index contributed by atoms with van der Waals surface area (Å²) in [7, 11) is 0. The molecule has 0 aromatic heterocycles. The maximum Gasteiger partial charge on any atom is 0.227 e. The van der Waals surface area contributed by atoms with Crippen LogP contribution in [0.2, 0.25) is 0 Å². The summed E-state index contributed by atoms with van der Waals surface area (Å²) in [6.45, 7) is 3.66. The van der Waals surface area contributed by atoms with Gasteiger partial charge >= 0.3 is 0 Å². The maximum absolute atomic E-state index is 11.8. The lowest BCUT2D eigenvalue weighted by atomic mass is 9.84. The number of nitrogens with two attached hydrogens (primary N) is 1. The average molecular weight is 200 g/mol. The second kappa shape index (κ2) is 4.28. The number of nitrogens with one attached hydrogen (secondary N) is 1. The fraction of sp³-hybridized carbons (Fsp3) is 0.900. The smallest absolute Gasteiger partial charge is 0.227 e. The van der Waals surface area contributed by atoms with Gasteiger partial charge in [0.05, 0.1) is 12.0 Å². The first-order valence-electron chi connectivity index (χ1n) is 5.18. The molecule has 1 rings (SSSR count). The van der Waals surface area contributed by atoms with Crippen molar-refractivity contribution < 1.29 is 9.90 Å². The zero-order chi connectivity index (χ0) is 10.8. The summed E-state index contributed by atoms with van der Waals surface area (Å²) in [5.41, 5.74) is 5.47. The van der Waals surface area contributed by atoms with Gasteiger partial charge in [0, 0.05) is 12.1 Å². The Balaban J connectivity index is 2.59. The number of hydrogen-bond donors (Lipinski definition) is 3. The van der Waals surface area contributed by atoms with Gasteiger partial charge in [0.15, 0.2) is 0 Å². The zero-order valence-corrected chi connectivity index (χ0v) is 8.92. The van der Waals surface area contributed by atoms with E-state index in [0.717, 1.165) is 19.3 Å². The van der Waals surface area contributed by atoms with E-state index in [4.69, 9.17) is 10.8 Å². The van der Waals surface area contributed by atoms with Gasteiger partial charge < -0.3 is 16.2 Å². The van der Waals surface area contributed by atoms with E-state index in [-0.39, 0.29) is 24.6 Å². The number of hydrogen-bond acceptors (Lipinski definition) is 3. The molecule has 4 heteroatoms. The van der Waals surface area contributed by atoms with E-state index in [1.165, 1.54) is 0 Å². The van der Waals surface area contributed by atoms with Crippen LogP contribution in [0.25, 0.3) is 0 Å². The molecule has 0 aromatic rings. The molecule has 0 aliphatic heterocycles. The van der Waals surface area contributed by atoms with E-state index in [2.05, 4.69) is 5.32 Å². The lowest BCUT2D eigenvalue weighted by molar-refractivity contribution is -0.131. The van der Waals surface area contributed by atoms with Crippen LogP contribution in [0.3, 0.4) is 0 Å². The molecule has 1 fully saturated rings. The predicted molar refractivity (Wildman–Crippen MR) is 54.6 cm³/mol. The van der Waals surface area contributed by atoms with E-state index in [0.29, 0.717) is 0 Å². The van der Waals surface area contributed by atoms with Crippen molar-refractivity contribution in [2.24, 2.45) is 11.1 Å². The van der Waals surface area contributed by atoms with Gasteiger partial charge in [-0.3, -0.25) is 4.79 Å². The van der Waals surface area contributed by atoms with Crippen LogP contribution in [-0.4, -0.2) is 29.7 Å². The number of amides is 1. The summed E-state index contributed by atoms with van der Waals surface area (Å²) in [5.74, 6) is -0.0240. The summed E-state index contributed by atoms with van der Waals surface area (Å²) in [6, 6.07) is -0.236. The summed E-state index contributed by atoms with van der Waals surface area (Å²) in [4.78, 5) is 11.8. The molecule has 82 valence electrons. The van der Waals surface area contributed by atoms with Gasteiger partial charge in [0.2, 0.25) is 5.91 Å². The third kappa shape index (κ3) is 2.07. The second-order valence-corrected chi connectivity index (χ2v) is 4.47. The Morgan fingerprint density at radius 3 is 2.86 bits per heavy atom. The van der Waals surface area contributed by atoms with Crippen LogP contribution >= 0.6 is 0 Å².